The summed E-state index contributed by atoms with van der Waals surface area (Å²) in [6.45, 7) is 1.84. The number of thioether (sulfide) groups is 1. The highest BCUT2D eigenvalue weighted by molar-refractivity contribution is 7.99. The van der Waals surface area contributed by atoms with Crippen LogP contribution in [0.5, 0.6) is 0 Å². The fraction of sp³-hybridized carbons (Fsp3) is 0.955. The lowest BCUT2D eigenvalue weighted by molar-refractivity contribution is -0.131. The molecule has 2 nitrogen and oxygen atoms in total. The zero-order valence-electron chi connectivity index (χ0n) is 16.4. The van der Waals surface area contributed by atoms with E-state index in [2.05, 4.69) is 6.92 Å². The minimum atomic E-state index is -1.04. The average Bonchev–Trinajstić information content (AvgIpc) is 2.99. The van der Waals surface area contributed by atoms with E-state index >= 15 is 0 Å². The van der Waals surface area contributed by atoms with Gasteiger partial charge in [0.05, 0.1) is 11.4 Å². The maximum absolute atomic E-state index is 13.3. The molecule has 4 saturated carbocycles. The van der Waals surface area contributed by atoms with Crippen molar-refractivity contribution in [3.63, 3.8) is 0 Å². The van der Waals surface area contributed by atoms with E-state index < -0.39 is 12.3 Å². The number of Topliss-reactive ketones (excluding diaryl/α,β-unsaturated/α-hetero) is 1. The largest absolute Gasteiger partial charge is 0.387 e. The second kappa shape index (κ2) is 7.06. The summed E-state index contributed by atoms with van der Waals surface area (Å²) in [4.78, 5) is 12.7. The summed E-state index contributed by atoms with van der Waals surface area (Å²) in [5.74, 6) is 4.87. The number of carbonyl (C=O) groups excluding carboxylic acids is 1. The Morgan fingerprint density at radius 3 is 2.58 bits per heavy atom. The summed E-state index contributed by atoms with van der Waals surface area (Å²) in [7, 11) is 0. The highest BCUT2D eigenvalue weighted by Gasteiger charge is 2.58. The van der Waals surface area contributed by atoms with Gasteiger partial charge >= 0.3 is 0 Å². The zero-order chi connectivity index (χ0) is 18.5. The van der Waals surface area contributed by atoms with Crippen LogP contribution in [-0.2, 0) is 4.79 Å². The van der Waals surface area contributed by atoms with Gasteiger partial charge in [-0.3, -0.25) is 4.79 Å². The molecule has 1 N–H and O–H groups in total. The van der Waals surface area contributed by atoms with Crippen LogP contribution in [0, 0.1) is 40.9 Å². The fourth-order valence-electron chi connectivity index (χ4n) is 7.86. The van der Waals surface area contributed by atoms with Crippen molar-refractivity contribution in [3.05, 3.63) is 0 Å². The minimum absolute atomic E-state index is 0.217. The quantitative estimate of drug-likeness (QED) is 0.752. The van der Waals surface area contributed by atoms with Crippen LogP contribution in [0.15, 0.2) is 0 Å². The summed E-state index contributed by atoms with van der Waals surface area (Å²) in [6, 6.07) is 0. The molecule has 4 heteroatoms. The van der Waals surface area contributed by atoms with Crippen molar-refractivity contribution in [2.24, 2.45) is 40.9 Å². The summed E-state index contributed by atoms with van der Waals surface area (Å²) >= 11 is 1.67. The number of aliphatic hydroxyl groups is 1. The molecule has 0 bridgehead atoms. The number of fused-ring (bicyclic) bond motifs is 5. The van der Waals surface area contributed by atoms with Gasteiger partial charge in [0.15, 0.2) is 0 Å². The van der Waals surface area contributed by atoms with Gasteiger partial charge in [-0.2, -0.15) is 11.8 Å². The molecule has 4 rings (SSSR count). The Morgan fingerprint density at radius 2 is 1.85 bits per heavy atom. The standard InChI is InChI=1S/C22H35FO2S/c1-21-9-7-16-15-8-10-22(25,13-23)11-14(15)3-4-17(16)18(21)5-6-19(21)20(24)12-26-2/h14-19,25H,3-13H2,1-2H3/t14-,15+,16-,17-,18+,19-,21+,22+/m1/s1. The van der Waals surface area contributed by atoms with Crippen molar-refractivity contribution >= 4 is 17.5 Å². The molecule has 0 unspecified atom stereocenters. The Morgan fingerprint density at radius 1 is 1.08 bits per heavy atom. The minimum Gasteiger partial charge on any atom is -0.387 e. The van der Waals surface area contributed by atoms with Crippen LogP contribution in [0.4, 0.5) is 4.39 Å². The molecular weight excluding hydrogens is 347 g/mol. The van der Waals surface area contributed by atoms with Crippen LogP contribution < -0.4 is 0 Å². The first-order valence-corrected chi connectivity index (χ1v) is 12.1. The van der Waals surface area contributed by atoms with Crippen molar-refractivity contribution in [2.45, 2.75) is 70.3 Å². The molecule has 4 fully saturated rings. The lowest BCUT2D eigenvalue weighted by Crippen LogP contribution is -2.52. The molecule has 0 aromatic carbocycles. The highest BCUT2D eigenvalue weighted by Crippen LogP contribution is 2.64. The van der Waals surface area contributed by atoms with Crippen molar-refractivity contribution in [1.29, 1.82) is 0 Å². The number of hydrogen-bond acceptors (Lipinski definition) is 3. The molecule has 26 heavy (non-hydrogen) atoms. The van der Waals surface area contributed by atoms with E-state index in [-0.39, 0.29) is 11.3 Å². The summed E-state index contributed by atoms with van der Waals surface area (Å²) < 4.78 is 13.3. The third kappa shape index (κ3) is 2.98. The normalized spacial score (nSPS) is 50.6. The van der Waals surface area contributed by atoms with Crippen molar-refractivity contribution in [2.75, 3.05) is 18.7 Å². The lowest BCUT2D eigenvalue weighted by atomic mass is 9.49. The van der Waals surface area contributed by atoms with Gasteiger partial charge < -0.3 is 5.11 Å². The third-order valence-corrected chi connectivity index (χ3v) is 9.60. The van der Waals surface area contributed by atoms with Gasteiger partial charge in [0.2, 0.25) is 0 Å². The van der Waals surface area contributed by atoms with E-state index in [1.807, 2.05) is 6.26 Å². The molecule has 8 atom stereocenters. The molecule has 0 aromatic heterocycles. The van der Waals surface area contributed by atoms with Crippen LogP contribution >= 0.6 is 11.8 Å². The van der Waals surface area contributed by atoms with Gasteiger partial charge in [-0.25, -0.2) is 4.39 Å². The van der Waals surface area contributed by atoms with Crippen LogP contribution in [0.1, 0.15) is 64.7 Å². The number of carbonyl (C=O) groups is 1. The number of alkyl halides is 1. The predicted molar refractivity (Wildman–Crippen MR) is 105 cm³/mol. The van der Waals surface area contributed by atoms with Crippen molar-refractivity contribution in [1.82, 2.24) is 0 Å². The first kappa shape index (κ1) is 19.2. The Hall–Kier alpha value is -0.0900. The number of ketones is 1. The van der Waals surface area contributed by atoms with Gasteiger partial charge in [-0.15, -0.1) is 0 Å². The third-order valence-electron chi connectivity index (χ3n) is 9.03. The van der Waals surface area contributed by atoms with Gasteiger partial charge in [0, 0.05) is 5.92 Å². The summed E-state index contributed by atoms with van der Waals surface area (Å²) in [5, 5.41) is 10.4. The van der Waals surface area contributed by atoms with E-state index in [0.29, 0.717) is 42.1 Å². The molecule has 0 radical (unpaired) electrons. The number of halogens is 1. The highest BCUT2D eigenvalue weighted by atomic mass is 32.2. The Labute approximate surface area is 162 Å². The van der Waals surface area contributed by atoms with E-state index in [0.717, 1.165) is 31.1 Å². The van der Waals surface area contributed by atoms with Crippen LogP contribution in [-0.4, -0.2) is 35.2 Å². The monoisotopic (exact) mass is 382 g/mol. The molecule has 0 aliphatic heterocycles. The maximum Gasteiger partial charge on any atom is 0.146 e. The number of rotatable bonds is 4. The number of hydrogen-bond donors (Lipinski definition) is 1. The van der Waals surface area contributed by atoms with Gasteiger partial charge in [0.25, 0.3) is 0 Å². The van der Waals surface area contributed by atoms with Crippen molar-refractivity contribution < 1.29 is 14.3 Å². The van der Waals surface area contributed by atoms with Crippen LogP contribution in [0.2, 0.25) is 0 Å². The van der Waals surface area contributed by atoms with Crippen LogP contribution in [0.25, 0.3) is 0 Å². The molecule has 4 aliphatic carbocycles. The van der Waals surface area contributed by atoms with Gasteiger partial charge in [0.1, 0.15) is 12.5 Å². The Bertz CT molecular complexity index is 554. The predicted octanol–water partition coefficient (Wildman–Crippen LogP) is 4.89. The van der Waals surface area contributed by atoms with Crippen LogP contribution in [0.3, 0.4) is 0 Å². The first-order valence-electron chi connectivity index (χ1n) is 10.7. The lowest BCUT2D eigenvalue weighted by Gasteiger charge is -2.57. The molecule has 0 amide bonds. The molecule has 148 valence electrons. The first-order chi connectivity index (χ1) is 12.4. The van der Waals surface area contributed by atoms with E-state index in [4.69, 9.17) is 0 Å². The van der Waals surface area contributed by atoms with E-state index in [1.54, 1.807) is 11.8 Å². The molecule has 0 heterocycles. The second-order valence-corrected chi connectivity index (χ2v) is 11.0. The second-order valence-electron chi connectivity index (χ2n) is 10.1. The molecular formula is C22H35FO2S. The maximum atomic E-state index is 13.3. The van der Waals surface area contributed by atoms with Gasteiger partial charge in [-0.1, -0.05) is 6.92 Å². The average molecular weight is 383 g/mol. The molecule has 0 aromatic rings. The summed E-state index contributed by atoms with van der Waals surface area (Å²) in [6.07, 6.45) is 11.5. The molecule has 0 spiro atoms. The van der Waals surface area contributed by atoms with E-state index in [9.17, 15) is 14.3 Å². The fourth-order valence-corrected chi connectivity index (χ4v) is 8.34. The summed E-state index contributed by atoms with van der Waals surface area (Å²) in [5.41, 5.74) is -0.824. The van der Waals surface area contributed by atoms with Gasteiger partial charge in [-0.05, 0) is 99.0 Å². The zero-order valence-corrected chi connectivity index (χ0v) is 17.2. The van der Waals surface area contributed by atoms with E-state index in [1.165, 1.54) is 25.7 Å². The Balaban J connectivity index is 1.50. The smallest absolute Gasteiger partial charge is 0.146 e. The SMILES string of the molecule is CSCC(=O)[C@H]1CC[C@H]2[C@@H]3CC[C@@H]4C[C@](O)(CF)CC[C@@H]4[C@H]3CC[C@]12C. The topological polar surface area (TPSA) is 37.3 Å². The molecule has 4 aliphatic rings. The van der Waals surface area contributed by atoms with Crippen molar-refractivity contribution in [3.8, 4) is 0 Å². The molecule has 0 saturated heterocycles. The Kier molecular flexibility index (Phi) is 5.22.